The zero-order valence-electron chi connectivity index (χ0n) is 16.1. The molecule has 0 radical (unpaired) electrons. The maximum atomic E-state index is 13.0. The van der Waals surface area contributed by atoms with E-state index in [0.717, 1.165) is 35.5 Å². The molecule has 142 valence electrons. The molecule has 26 heavy (non-hydrogen) atoms. The molecule has 5 nitrogen and oxygen atoms in total. The number of nitrogens with zero attached hydrogens (tertiary/aromatic N) is 2. The summed E-state index contributed by atoms with van der Waals surface area (Å²) in [6.45, 7) is 8.22. The van der Waals surface area contributed by atoms with Crippen LogP contribution in [-0.2, 0) is 17.1 Å². The SMILES string of the molecule is Cc1cc(C)c(S(=O)(=O)NCC(c2cccn2C)N2CCCC2)cc1C. The van der Waals surface area contributed by atoms with Gasteiger partial charge in [0.05, 0.1) is 10.9 Å². The summed E-state index contributed by atoms with van der Waals surface area (Å²) in [5.74, 6) is 0. The van der Waals surface area contributed by atoms with Crippen LogP contribution in [0.15, 0.2) is 35.4 Å². The van der Waals surface area contributed by atoms with E-state index in [2.05, 4.69) is 20.3 Å². The first kappa shape index (κ1) is 19.1. The fraction of sp³-hybridized carbons (Fsp3) is 0.500. The van der Waals surface area contributed by atoms with Gasteiger partial charge in [0, 0.05) is 25.5 Å². The van der Waals surface area contributed by atoms with E-state index in [1.54, 1.807) is 6.07 Å². The van der Waals surface area contributed by atoms with Crippen LogP contribution in [0.4, 0.5) is 0 Å². The normalized spacial score (nSPS) is 16.9. The van der Waals surface area contributed by atoms with E-state index in [4.69, 9.17) is 0 Å². The number of benzene rings is 1. The predicted octanol–water partition coefficient (Wildman–Crippen LogP) is 3.07. The summed E-state index contributed by atoms with van der Waals surface area (Å²) in [6, 6.07) is 7.87. The van der Waals surface area contributed by atoms with Crippen LogP contribution in [0.2, 0.25) is 0 Å². The maximum Gasteiger partial charge on any atom is 0.240 e. The molecule has 1 unspecified atom stereocenters. The minimum atomic E-state index is -3.54. The van der Waals surface area contributed by atoms with Crippen LogP contribution in [0.3, 0.4) is 0 Å². The number of hydrogen-bond donors (Lipinski definition) is 1. The highest BCUT2D eigenvalue weighted by atomic mass is 32.2. The van der Waals surface area contributed by atoms with Crippen molar-refractivity contribution in [2.75, 3.05) is 19.6 Å². The van der Waals surface area contributed by atoms with Crippen LogP contribution in [0, 0.1) is 20.8 Å². The van der Waals surface area contributed by atoms with Gasteiger partial charge in [-0.05, 0) is 81.6 Å². The topological polar surface area (TPSA) is 54.3 Å². The smallest absolute Gasteiger partial charge is 0.240 e. The van der Waals surface area contributed by atoms with Gasteiger partial charge < -0.3 is 4.57 Å². The van der Waals surface area contributed by atoms with Crippen molar-refractivity contribution in [3.8, 4) is 0 Å². The fourth-order valence-electron chi connectivity index (χ4n) is 3.78. The molecular formula is C20H29N3O2S. The number of likely N-dealkylation sites (tertiary alicyclic amines) is 1. The number of rotatable bonds is 6. The molecule has 1 aromatic carbocycles. The highest BCUT2D eigenvalue weighted by Gasteiger charge is 2.27. The summed E-state index contributed by atoms with van der Waals surface area (Å²) in [5.41, 5.74) is 4.04. The minimum Gasteiger partial charge on any atom is -0.353 e. The van der Waals surface area contributed by atoms with Crippen molar-refractivity contribution in [1.82, 2.24) is 14.2 Å². The molecule has 0 bridgehead atoms. The molecule has 2 aromatic rings. The first-order chi connectivity index (χ1) is 12.3. The zero-order valence-corrected chi connectivity index (χ0v) is 16.9. The molecule has 0 saturated carbocycles. The lowest BCUT2D eigenvalue weighted by atomic mass is 10.1. The molecule has 1 atom stereocenters. The van der Waals surface area contributed by atoms with Crippen LogP contribution in [0.5, 0.6) is 0 Å². The van der Waals surface area contributed by atoms with Gasteiger partial charge in [-0.2, -0.15) is 0 Å². The second-order valence-corrected chi connectivity index (χ2v) is 9.09. The van der Waals surface area contributed by atoms with Crippen LogP contribution in [-0.4, -0.2) is 37.5 Å². The highest BCUT2D eigenvalue weighted by Crippen LogP contribution is 2.26. The lowest BCUT2D eigenvalue weighted by Crippen LogP contribution is -2.37. The van der Waals surface area contributed by atoms with Crippen LogP contribution in [0.25, 0.3) is 0 Å². The summed E-state index contributed by atoms with van der Waals surface area (Å²) in [7, 11) is -1.53. The predicted molar refractivity (Wildman–Crippen MR) is 105 cm³/mol. The monoisotopic (exact) mass is 375 g/mol. The van der Waals surface area contributed by atoms with Crippen molar-refractivity contribution in [3.63, 3.8) is 0 Å². The Labute approximate surface area is 157 Å². The van der Waals surface area contributed by atoms with Crippen molar-refractivity contribution < 1.29 is 8.42 Å². The molecule has 1 aliphatic rings. The Morgan fingerprint density at radius 2 is 1.73 bits per heavy atom. The van der Waals surface area contributed by atoms with Gasteiger partial charge in [0.25, 0.3) is 0 Å². The summed E-state index contributed by atoms with van der Waals surface area (Å²) in [5, 5.41) is 0. The van der Waals surface area contributed by atoms with Crippen molar-refractivity contribution in [1.29, 1.82) is 0 Å². The second-order valence-electron chi connectivity index (χ2n) is 7.36. The zero-order chi connectivity index (χ0) is 18.9. The summed E-state index contributed by atoms with van der Waals surface area (Å²) >= 11 is 0. The molecule has 1 aliphatic heterocycles. The van der Waals surface area contributed by atoms with E-state index in [0.29, 0.717) is 11.4 Å². The lowest BCUT2D eigenvalue weighted by Gasteiger charge is -2.28. The Bertz CT molecular complexity index is 880. The molecule has 1 fully saturated rings. The van der Waals surface area contributed by atoms with Gasteiger partial charge in [0.15, 0.2) is 0 Å². The van der Waals surface area contributed by atoms with E-state index in [-0.39, 0.29) is 6.04 Å². The van der Waals surface area contributed by atoms with Crippen LogP contribution in [0.1, 0.15) is 41.3 Å². The molecule has 0 aliphatic carbocycles. The molecule has 0 amide bonds. The molecular weight excluding hydrogens is 346 g/mol. The number of nitrogens with one attached hydrogen (secondary N) is 1. The second kappa shape index (κ2) is 7.55. The van der Waals surface area contributed by atoms with E-state index in [1.165, 1.54) is 12.8 Å². The average molecular weight is 376 g/mol. The largest absolute Gasteiger partial charge is 0.353 e. The number of sulfonamides is 1. The standard InChI is InChI=1S/C20H29N3O2S/c1-15-12-17(3)20(13-16(15)2)26(24,25)21-14-19(23-10-5-6-11-23)18-8-7-9-22(18)4/h7-9,12-13,19,21H,5-6,10-11,14H2,1-4H3. The Hall–Kier alpha value is -1.63. The summed E-state index contributed by atoms with van der Waals surface area (Å²) < 4.78 is 30.9. The highest BCUT2D eigenvalue weighted by molar-refractivity contribution is 7.89. The van der Waals surface area contributed by atoms with Gasteiger partial charge in [-0.1, -0.05) is 6.07 Å². The number of aromatic nitrogens is 1. The summed E-state index contributed by atoms with van der Waals surface area (Å²) in [4.78, 5) is 2.76. The minimum absolute atomic E-state index is 0.0547. The molecule has 1 saturated heterocycles. The van der Waals surface area contributed by atoms with Gasteiger partial charge in [-0.15, -0.1) is 0 Å². The van der Waals surface area contributed by atoms with Crippen LogP contribution < -0.4 is 4.72 Å². The van der Waals surface area contributed by atoms with E-state index < -0.39 is 10.0 Å². The van der Waals surface area contributed by atoms with Crippen molar-refractivity contribution >= 4 is 10.0 Å². The Kier molecular flexibility index (Phi) is 5.55. The molecule has 3 rings (SSSR count). The van der Waals surface area contributed by atoms with E-state index in [9.17, 15) is 8.42 Å². The fourth-order valence-corrected chi connectivity index (χ4v) is 5.13. The molecule has 2 heterocycles. The first-order valence-electron chi connectivity index (χ1n) is 9.22. The molecule has 0 spiro atoms. The van der Waals surface area contributed by atoms with E-state index in [1.807, 2.05) is 46.1 Å². The Morgan fingerprint density at radius 3 is 2.35 bits per heavy atom. The van der Waals surface area contributed by atoms with Gasteiger partial charge in [0.2, 0.25) is 10.0 Å². The third-order valence-electron chi connectivity index (χ3n) is 5.45. The molecule has 1 aromatic heterocycles. The Balaban J connectivity index is 1.84. The molecule has 6 heteroatoms. The van der Waals surface area contributed by atoms with Crippen molar-refractivity contribution in [3.05, 3.63) is 52.8 Å². The first-order valence-corrected chi connectivity index (χ1v) is 10.7. The van der Waals surface area contributed by atoms with Gasteiger partial charge in [0.1, 0.15) is 0 Å². The van der Waals surface area contributed by atoms with Crippen LogP contribution >= 0.6 is 0 Å². The summed E-state index contributed by atoms with van der Waals surface area (Å²) in [6.07, 6.45) is 4.36. The third-order valence-corrected chi connectivity index (χ3v) is 7.02. The third kappa shape index (κ3) is 3.87. The van der Waals surface area contributed by atoms with E-state index >= 15 is 0 Å². The Morgan fingerprint density at radius 1 is 1.08 bits per heavy atom. The lowest BCUT2D eigenvalue weighted by molar-refractivity contribution is 0.238. The quantitative estimate of drug-likeness (QED) is 0.844. The average Bonchev–Trinajstić information content (AvgIpc) is 3.24. The van der Waals surface area contributed by atoms with Gasteiger partial charge in [-0.3, -0.25) is 4.90 Å². The van der Waals surface area contributed by atoms with Crippen molar-refractivity contribution in [2.45, 2.75) is 44.6 Å². The number of hydrogen-bond acceptors (Lipinski definition) is 3. The maximum absolute atomic E-state index is 13.0. The van der Waals surface area contributed by atoms with Gasteiger partial charge in [-0.25, -0.2) is 13.1 Å². The van der Waals surface area contributed by atoms with Gasteiger partial charge >= 0.3 is 0 Å². The van der Waals surface area contributed by atoms with Crippen molar-refractivity contribution in [2.24, 2.45) is 7.05 Å². The number of aryl methyl sites for hydroxylation is 4. The molecule has 1 N–H and O–H groups in total.